The van der Waals surface area contributed by atoms with Crippen molar-refractivity contribution in [2.75, 3.05) is 44.8 Å². The van der Waals surface area contributed by atoms with Crippen molar-refractivity contribution >= 4 is 21.6 Å². The summed E-state index contributed by atoms with van der Waals surface area (Å²) in [5, 5.41) is 2.58. The van der Waals surface area contributed by atoms with Crippen LogP contribution in [0.2, 0.25) is 0 Å². The van der Waals surface area contributed by atoms with Crippen LogP contribution in [-0.4, -0.2) is 58.1 Å². The molecule has 0 saturated carbocycles. The maximum absolute atomic E-state index is 14.1. The van der Waals surface area contributed by atoms with E-state index < -0.39 is 20.7 Å². The molecule has 1 aliphatic heterocycles. The van der Waals surface area contributed by atoms with E-state index in [0.29, 0.717) is 12.5 Å². The molecule has 26 heavy (non-hydrogen) atoms. The molecule has 0 radical (unpaired) electrons. The molecule has 0 aromatic heterocycles. The van der Waals surface area contributed by atoms with E-state index in [1.165, 1.54) is 10.4 Å². The molecule has 0 aliphatic carbocycles. The number of amides is 1. The zero-order valence-corrected chi connectivity index (χ0v) is 15.9. The molecule has 2 rings (SSSR count). The molecule has 1 aliphatic rings. The Hall–Kier alpha value is -1.55. The van der Waals surface area contributed by atoms with Gasteiger partial charge in [0.2, 0.25) is 15.9 Å². The third-order valence-corrected chi connectivity index (χ3v) is 5.64. The highest BCUT2D eigenvalue weighted by Crippen LogP contribution is 2.24. The van der Waals surface area contributed by atoms with Crippen LogP contribution >= 0.6 is 0 Å². The first-order valence-electron chi connectivity index (χ1n) is 8.55. The summed E-state index contributed by atoms with van der Waals surface area (Å²) in [6.07, 6.45) is 0.135. The molecule has 7 nitrogen and oxygen atoms in total. The molecule has 1 aromatic rings. The van der Waals surface area contributed by atoms with Gasteiger partial charge < -0.3 is 14.8 Å². The number of sulfonamides is 1. The predicted octanol–water partition coefficient (Wildman–Crippen LogP) is 1.85. The second kappa shape index (κ2) is 9.40. The van der Waals surface area contributed by atoms with Gasteiger partial charge in [-0.05, 0) is 24.1 Å². The van der Waals surface area contributed by atoms with Crippen LogP contribution in [0.3, 0.4) is 0 Å². The zero-order valence-electron chi connectivity index (χ0n) is 15.0. The van der Waals surface area contributed by atoms with Crippen molar-refractivity contribution in [3.8, 4) is 0 Å². The normalized spacial score (nSPS) is 16.0. The fourth-order valence-electron chi connectivity index (χ4n) is 2.41. The van der Waals surface area contributed by atoms with E-state index in [1.54, 1.807) is 0 Å². The molecule has 0 unspecified atom stereocenters. The number of carbonyl (C=O) groups is 1. The monoisotopic (exact) mass is 388 g/mol. The van der Waals surface area contributed by atoms with Crippen LogP contribution in [0.1, 0.15) is 20.3 Å². The Labute approximate surface area is 153 Å². The predicted molar refractivity (Wildman–Crippen MR) is 94.9 cm³/mol. The second-order valence-electron chi connectivity index (χ2n) is 6.43. The Morgan fingerprint density at radius 1 is 1.35 bits per heavy atom. The van der Waals surface area contributed by atoms with E-state index in [1.807, 2.05) is 13.8 Å². The molecule has 0 spiro atoms. The summed E-state index contributed by atoms with van der Waals surface area (Å²) in [6.45, 7) is 5.73. The van der Waals surface area contributed by atoms with Crippen LogP contribution in [0.15, 0.2) is 23.1 Å². The molecular formula is C17H25FN2O5S. The first kappa shape index (κ1) is 20.8. The maximum atomic E-state index is 14.1. The van der Waals surface area contributed by atoms with E-state index in [4.69, 9.17) is 9.47 Å². The van der Waals surface area contributed by atoms with Crippen LogP contribution in [0.25, 0.3) is 0 Å². The molecular weight excluding hydrogens is 363 g/mol. The molecule has 1 amide bonds. The largest absolute Gasteiger partial charge is 0.381 e. The highest BCUT2D eigenvalue weighted by Gasteiger charge is 2.29. The number of anilines is 1. The van der Waals surface area contributed by atoms with Crippen molar-refractivity contribution in [1.29, 1.82) is 0 Å². The van der Waals surface area contributed by atoms with Crippen molar-refractivity contribution in [1.82, 2.24) is 4.31 Å². The van der Waals surface area contributed by atoms with Crippen LogP contribution in [0.4, 0.5) is 10.1 Å². The Morgan fingerprint density at radius 2 is 2.04 bits per heavy atom. The fraction of sp³-hybridized carbons (Fsp3) is 0.588. The average Bonchev–Trinajstić information content (AvgIpc) is 2.61. The first-order chi connectivity index (χ1) is 12.3. The van der Waals surface area contributed by atoms with Crippen LogP contribution < -0.4 is 5.32 Å². The molecule has 0 atom stereocenters. The fourth-order valence-corrected chi connectivity index (χ4v) is 3.91. The van der Waals surface area contributed by atoms with Gasteiger partial charge in [-0.1, -0.05) is 13.8 Å². The van der Waals surface area contributed by atoms with Crippen molar-refractivity contribution in [2.45, 2.75) is 25.2 Å². The van der Waals surface area contributed by atoms with Gasteiger partial charge in [0.25, 0.3) is 0 Å². The van der Waals surface area contributed by atoms with E-state index >= 15 is 0 Å². The number of hydrogen-bond donors (Lipinski definition) is 1. The number of morpholine rings is 1. The summed E-state index contributed by atoms with van der Waals surface area (Å²) < 4.78 is 51.0. The summed E-state index contributed by atoms with van der Waals surface area (Å²) in [7, 11) is -3.98. The Balaban J connectivity index is 2.03. The number of nitrogens with one attached hydrogen (secondary N) is 1. The summed E-state index contributed by atoms with van der Waals surface area (Å²) >= 11 is 0. The van der Waals surface area contributed by atoms with Crippen LogP contribution in [0.5, 0.6) is 0 Å². The summed E-state index contributed by atoms with van der Waals surface area (Å²) in [6, 6.07) is 3.52. The summed E-state index contributed by atoms with van der Waals surface area (Å²) in [5.41, 5.74) is 0.229. The number of halogens is 1. The first-order valence-corrected chi connectivity index (χ1v) is 9.99. The third kappa shape index (κ3) is 5.73. The van der Waals surface area contributed by atoms with Gasteiger partial charge >= 0.3 is 0 Å². The van der Waals surface area contributed by atoms with Crippen molar-refractivity contribution in [3.05, 3.63) is 24.0 Å². The number of ether oxygens (including phenoxy) is 2. The molecule has 1 fully saturated rings. The van der Waals surface area contributed by atoms with Gasteiger partial charge in [-0.15, -0.1) is 0 Å². The molecule has 0 bridgehead atoms. The topological polar surface area (TPSA) is 84.9 Å². The minimum Gasteiger partial charge on any atom is -0.381 e. The highest BCUT2D eigenvalue weighted by atomic mass is 32.2. The van der Waals surface area contributed by atoms with Gasteiger partial charge in [0.05, 0.1) is 26.2 Å². The van der Waals surface area contributed by atoms with Crippen molar-refractivity contribution in [2.24, 2.45) is 5.92 Å². The standard InChI is InChI=1S/C17H25FN2O5S/c1-13(2)12-25-8-5-17(21)19-14-3-4-15(18)16(11-14)26(22,23)20-6-9-24-10-7-20/h3-4,11,13H,5-10,12H2,1-2H3,(H,19,21). The van der Waals surface area contributed by atoms with Crippen LogP contribution in [-0.2, 0) is 24.3 Å². The highest BCUT2D eigenvalue weighted by molar-refractivity contribution is 7.89. The molecule has 1 N–H and O–H groups in total. The van der Waals surface area contributed by atoms with E-state index in [0.717, 1.165) is 12.1 Å². The minimum absolute atomic E-state index is 0.135. The molecule has 1 saturated heterocycles. The van der Waals surface area contributed by atoms with Crippen molar-refractivity contribution in [3.63, 3.8) is 0 Å². The minimum atomic E-state index is -3.98. The lowest BCUT2D eigenvalue weighted by Gasteiger charge is -2.26. The number of benzene rings is 1. The third-order valence-electron chi connectivity index (χ3n) is 3.73. The van der Waals surface area contributed by atoms with Gasteiger partial charge in [-0.2, -0.15) is 4.31 Å². The lowest BCUT2D eigenvalue weighted by Crippen LogP contribution is -2.40. The number of nitrogens with zero attached hydrogens (tertiary/aromatic N) is 1. The van der Waals surface area contributed by atoms with E-state index in [-0.39, 0.29) is 50.9 Å². The van der Waals surface area contributed by atoms with Gasteiger partial charge in [0, 0.05) is 25.4 Å². The zero-order chi connectivity index (χ0) is 19.2. The van der Waals surface area contributed by atoms with Crippen molar-refractivity contribution < 1.29 is 27.1 Å². The molecule has 146 valence electrons. The number of hydrogen-bond acceptors (Lipinski definition) is 5. The average molecular weight is 388 g/mol. The lowest BCUT2D eigenvalue weighted by atomic mass is 10.2. The van der Waals surface area contributed by atoms with Gasteiger partial charge in [-0.25, -0.2) is 12.8 Å². The SMILES string of the molecule is CC(C)COCCC(=O)Nc1ccc(F)c(S(=O)(=O)N2CCOCC2)c1. The summed E-state index contributed by atoms with van der Waals surface area (Å²) in [4.78, 5) is 11.5. The van der Waals surface area contributed by atoms with E-state index in [2.05, 4.69) is 5.32 Å². The Bertz CT molecular complexity index is 718. The smallest absolute Gasteiger partial charge is 0.246 e. The van der Waals surface area contributed by atoms with Gasteiger partial charge in [0.1, 0.15) is 10.7 Å². The number of carbonyl (C=O) groups excluding carboxylic acids is 1. The Morgan fingerprint density at radius 3 is 2.69 bits per heavy atom. The second-order valence-corrected chi connectivity index (χ2v) is 8.33. The van der Waals surface area contributed by atoms with Crippen LogP contribution in [0, 0.1) is 11.7 Å². The molecule has 1 aromatic carbocycles. The quantitative estimate of drug-likeness (QED) is 0.687. The maximum Gasteiger partial charge on any atom is 0.246 e. The summed E-state index contributed by atoms with van der Waals surface area (Å²) in [5.74, 6) is -0.798. The van der Waals surface area contributed by atoms with E-state index in [9.17, 15) is 17.6 Å². The molecule has 1 heterocycles. The number of rotatable bonds is 8. The molecule has 9 heteroatoms. The van der Waals surface area contributed by atoms with Gasteiger partial charge in [-0.3, -0.25) is 4.79 Å². The Kier molecular flexibility index (Phi) is 7.51. The van der Waals surface area contributed by atoms with Gasteiger partial charge in [0.15, 0.2) is 0 Å². The lowest BCUT2D eigenvalue weighted by molar-refractivity contribution is -0.117.